The summed E-state index contributed by atoms with van der Waals surface area (Å²) in [5.41, 5.74) is 0.404. The van der Waals surface area contributed by atoms with Crippen LogP contribution in [0, 0.1) is 5.82 Å². The van der Waals surface area contributed by atoms with Gasteiger partial charge in [-0.1, -0.05) is 30.0 Å². The van der Waals surface area contributed by atoms with Crippen molar-refractivity contribution in [1.82, 2.24) is 0 Å². The Morgan fingerprint density at radius 3 is 2.18 bits per heavy atom. The number of carbonyl (C=O) groups is 2. The van der Waals surface area contributed by atoms with Crippen LogP contribution in [0.4, 0.5) is 4.39 Å². The van der Waals surface area contributed by atoms with E-state index in [-0.39, 0.29) is 10.5 Å². The summed E-state index contributed by atoms with van der Waals surface area (Å²) in [6.07, 6.45) is 0. The van der Waals surface area contributed by atoms with Crippen molar-refractivity contribution in [2.45, 2.75) is 9.79 Å². The van der Waals surface area contributed by atoms with E-state index in [4.69, 9.17) is 4.74 Å². The van der Waals surface area contributed by atoms with Crippen LogP contribution in [0.2, 0.25) is 0 Å². The van der Waals surface area contributed by atoms with Gasteiger partial charge in [-0.05, 0) is 24.3 Å². The summed E-state index contributed by atoms with van der Waals surface area (Å²) in [6, 6.07) is 10.8. The molecule has 0 bridgehead atoms. The molecule has 0 aromatic heterocycles. The van der Waals surface area contributed by atoms with Gasteiger partial charge in [0.2, 0.25) is 0 Å². The lowest BCUT2D eigenvalue weighted by Crippen LogP contribution is -2.06. The highest BCUT2D eigenvalue weighted by atomic mass is 32.2. The quantitative estimate of drug-likeness (QED) is 0.806. The number of carbonyl (C=O) groups excluding carboxylic acids is 2. The van der Waals surface area contributed by atoms with E-state index in [1.807, 2.05) is 0 Å². The maximum Gasteiger partial charge on any atom is 0.339 e. The third-order valence-corrected chi connectivity index (χ3v) is 4.07. The van der Waals surface area contributed by atoms with E-state index in [0.717, 1.165) is 11.8 Å². The minimum absolute atomic E-state index is 0.103. The second kappa shape index (κ2) is 7.09. The fourth-order valence-electron chi connectivity index (χ4n) is 1.83. The van der Waals surface area contributed by atoms with Gasteiger partial charge in [0.25, 0.3) is 0 Å². The van der Waals surface area contributed by atoms with Gasteiger partial charge in [-0.25, -0.2) is 14.0 Å². The van der Waals surface area contributed by atoms with Gasteiger partial charge >= 0.3 is 11.9 Å². The Bertz CT molecular complexity index is 715. The van der Waals surface area contributed by atoms with Crippen molar-refractivity contribution in [3.05, 3.63) is 59.4 Å². The first-order valence-corrected chi connectivity index (χ1v) is 7.12. The second-order valence-corrected chi connectivity index (χ2v) is 5.25. The molecule has 2 aromatic carbocycles. The fraction of sp³-hybridized carbons (Fsp3) is 0.125. The summed E-state index contributed by atoms with van der Waals surface area (Å²) < 4.78 is 23.5. The number of hydrogen-bond acceptors (Lipinski definition) is 5. The number of methoxy groups -OCH3 is 2. The Morgan fingerprint density at radius 2 is 1.50 bits per heavy atom. The highest BCUT2D eigenvalue weighted by Crippen LogP contribution is 2.35. The van der Waals surface area contributed by atoms with Crippen molar-refractivity contribution in [1.29, 1.82) is 0 Å². The van der Waals surface area contributed by atoms with Crippen molar-refractivity contribution in [2.24, 2.45) is 0 Å². The lowest BCUT2D eigenvalue weighted by Gasteiger charge is -2.11. The third-order valence-electron chi connectivity index (χ3n) is 2.88. The normalized spacial score (nSPS) is 10.1. The average molecular weight is 320 g/mol. The molecule has 0 atom stereocenters. The fourth-order valence-corrected chi connectivity index (χ4v) is 2.88. The molecule has 0 aliphatic rings. The van der Waals surface area contributed by atoms with Gasteiger partial charge in [-0.15, -0.1) is 0 Å². The van der Waals surface area contributed by atoms with Crippen LogP contribution in [0.25, 0.3) is 0 Å². The molecule has 0 saturated heterocycles. The second-order valence-electron chi connectivity index (χ2n) is 4.20. The molecular formula is C16H13FO4S. The monoisotopic (exact) mass is 320 g/mol. The Hall–Kier alpha value is -2.34. The van der Waals surface area contributed by atoms with Crippen molar-refractivity contribution in [3.63, 3.8) is 0 Å². The number of benzene rings is 2. The summed E-state index contributed by atoms with van der Waals surface area (Å²) in [5, 5.41) is 0. The van der Waals surface area contributed by atoms with Crippen molar-refractivity contribution in [3.8, 4) is 0 Å². The Morgan fingerprint density at radius 1 is 0.909 bits per heavy atom. The Balaban J connectivity index is 2.48. The minimum Gasteiger partial charge on any atom is -0.465 e. The predicted molar refractivity (Wildman–Crippen MR) is 79.6 cm³/mol. The standard InChI is InChI=1S/C16H13FO4S/c1-20-15(18)10-6-3-4-9-13(10)22-14-11(16(19)21-2)7-5-8-12(14)17/h3-9H,1-2H3. The van der Waals surface area contributed by atoms with Crippen molar-refractivity contribution >= 4 is 23.7 Å². The average Bonchev–Trinajstić information content (AvgIpc) is 2.55. The van der Waals surface area contributed by atoms with Gasteiger partial charge < -0.3 is 9.47 Å². The zero-order chi connectivity index (χ0) is 16.1. The summed E-state index contributed by atoms with van der Waals surface area (Å²) in [5.74, 6) is -1.73. The molecule has 0 radical (unpaired) electrons. The first-order chi connectivity index (χ1) is 10.6. The van der Waals surface area contributed by atoms with Crippen molar-refractivity contribution < 1.29 is 23.5 Å². The maximum atomic E-state index is 14.1. The van der Waals surface area contributed by atoms with Gasteiger partial charge in [0.15, 0.2) is 0 Å². The van der Waals surface area contributed by atoms with E-state index in [1.54, 1.807) is 24.3 Å². The molecule has 0 amide bonds. The van der Waals surface area contributed by atoms with Crippen LogP contribution in [0.3, 0.4) is 0 Å². The van der Waals surface area contributed by atoms with Gasteiger partial charge in [0.05, 0.1) is 30.2 Å². The van der Waals surface area contributed by atoms with E-state index < -0.39 is 17.8 Å². The number of esters is 2. The first kappa shape index (κ1) is 16.0. The molecule has 0 fully saturated rings. The number of halogens is 1. The molecule has 0 heterocycles. The van der Waals surface area contributed by atoms with Crippen LogP contribution < -0.4 is 0 Å². The first-order valence-electron chi connectivity index (χ1n) is 6.30. The summed E-state index contributed by atoms with van der Waals surface area (Å²) in [4.78, 5) is 24.1. The molecule has 0 N–H and O–H groups in total. The van der Waals surface area contributed by atoms with E-state index in [1.165, 1.54) is 32.4 Å². The molecule has 22 heavy (non-hydrogen) atoms. The Kier molecular flexibility index (Phi) is 5.16. The highest BCUT2D eigenvalue weighted by molar-refractivity contribution is 7.99. The summed E-state index contributed by atoms with van der Waals surface area (Å²) in [6.45, 7) is 0. The van der Waals surface area contributed by atoms with Crippen LogP contribution in [-0.4, -0.2) is 26.2 Å². The van der Waals surface area contributed by atoms with Crippen LogP contribution in [-0.2, 0) is 9.47 Å². The zero-order valence-corrected chi connectivity index (χ0v) is 12.8. The highest BCUT2D eigenvalue weighted by Gasteiger charge is 2.19. The molecule has 2 rings (SSSR count). The van der Waals surface area contributed by atoms with Gasteiger partial charge in [0.1, 0.15) is 5.82 Å². The topological polar surface area (TPSA) is 52.6 Å². The number of hydrogen-bond donors (Lipinski definition) is 0. The molecular weight excluding hydrogens is 307 g/mol. The molecule has 114 valence electrons. The lowest BCUT2D eigenvalue weighted by atomic mass is 10.2. The van der Waals surface area contributed by atoms with Crippen LogP contribution in [0.5, 0.6) is 0 Å². The molecule has 2 aromatic rings. The number of ether oxygens (including phenoxy) is 2. The SMILES string of the molecule is COC(=O)c1ccccc1Sc1c(F)cccc1C(=O)OC. The van der Waals surface area contributed by atoms with Gasteiger partial charge in [-0.3, -0.25) is 0 Å². The molecule has 0 spiro atoms. The van der Waals surface area contributed by atoms with E-state index >= 15 is 0 Å². The molecule has 6 heteroatoms. The van der Waals surface area contributed by atoms with E-state index in [2.05, 4.69) is 4.74 Å². The van der Waals surface area contributed by atoms with Crippen LogP contribution in [0.1, 0.15) is 20.7 Å². The van der Waals surface area contributed by atoms with Crippen LogP contribution >= 0.6 is 11.8 Å². The van der Waals surface area contributed by atoms with Gasteiger partial charge in [0, 0.05) is 4.90 Å². The van der Waals surface area contributed by atoms with E-state index in [9.17, 15) is 14.0 Å². The largest absolute Gasteiger partial charge is 0.465 e. The molecule has 0 aliphatic heterocycles. The predicted octanol–water partition coefficient (Wildman–Crippen LogP) is 3.55. The molecule has 0 aliphatic carbocycles. The molecule has 0 saturated carbocycles. The third kappa shape index (κ3) is 3.28. The summed E-state index contributed by atoms with van der Waals surface area (Å²) in [7, 11) is 2.50. The number of rotatable bonds is 4. The lowest BCUT2D eigenvalue weighted by molar-refractivity contribution is 0.0588. The minimum atomic E-state index is -0.641. The molecule has 4 nitrogen and oxygen atoms in total. The van der Waals surface area contributed by atoms with Crippen LogP contribution in [0.15, 0.2) is 52.3 Å². The zero-order valence-electron chi connectivity index (χ0n) is 12.0. The summed E-state index contributed by atoms with van der Waals surface area (Å²) >= 11 is 0.978. The van der Waals surface area contributed by atoms with Crippen molar-refractivity contribution in [2.75, 3.05) is 14.2 Å². The van der Waals surface area contributed by atoms with Gasteiger partial charge in [-0.2, -0.15) is 0 Å². The van der Waals surface area contributed by atoms with E-state index in [0.29, 0.717) is 10.5 Å². The smallest absolute Gasteiger partial charge is 0.339 e. The Labute approximate surface area is 131 Å². The molecule has 0 unspecified atom stereocenters. The maximum absolute atomic E-state index is 14.1.